The molecule has 4 N–H and O–H groups in total. The molecule has 1 aliphatic heterocycles. The van der Waals surface area contributed by atoms with Crippen LogP contribution in [0.15, 0.2) is 4.63 Å². The number of amides is 1. The van der Waals surface area contributed by atoms with Crippen LogP contribution in [0.5, 0.6) is 0 Å². The second-order valence-corrected chi connectivity index (χ2v) is 3.34. The zero-order valence-corrected chi connectivity index (χ0v) is 7.70. The lowest BCUT2D eigenvalue weighted by Gasteiger charge is -2.12. The van der Waals surface area contributed by atoms with Crippen molar-refractivity contribution in [3.05, 3.63) is 5.69 Å². The molecule has 8 heteroatoms. The van der Waals surface area contributed by atoms with Crippen LogP contribution >= 0.6 is 0 Å². The highest BCUT2D eigenvalue weighted by atomic mass is 16.6. The molecular weight excluding hydrogens is 204 g/mol. The Morgan fingerprint density at radius 2 is 2.00 bits per heavy atom. The number of aromatic nitrogens is 2. The van der Waals surface area contributed by atoms with E-state index in [1.165, 1.54) is 4.90 Å². The number of nitrogen functional groups attached to an aromatic ring is 1. The van der Waals surface area contributed by atoms with Crippen molar-refractivity contribution in [1.82, 2.24) is 15.2 Å². The molecule has 1 amide bonds. The van der Waals surface area contributed by atoms with E-state index in [9.17, 15) is 15.0 Å². The number of nitrogens with zero attached hydrogens (tertiary/aromatic N) is 3. The fraction of sp³-hybridized carbons (Fsp3) is 0.571. The van der Waals surface area contributed by atoms with Crippen molar-refractivity contribution in [1.29, 1.82) is 0 Å². The Hall–Kier alpha value is -1.67. The molecule has 1 saturated heterocycles. The van der Waals surface area contributed by atoms with E-state index >= 15 is 0 Å². The summed E-state index contributed by atoms with van der Waals surface area (Å²) in [6, 6.07) is 0. The minimum atomic E-state index is -0.935. The van der Waals surface area contributed by atoms with Crippen molar-refractivity contribution >= 4 is 11.7 Å². The van der Waals surface area contributed by atoms with Gasteiger partial charge in [-0.25, -0.2) is 4.63 Å². The molecule has 0 spiro atoms. The first-order chi connectivity index (χ1) is 7.09. The predicted molar refractivity (Wildman–Crippen MR) is 46.6 cm³/mol. The van der Waals surface area contributed by atoms with Crippen LogP contribution in [0.4, 0.5) is 5.82 Å². The summed E-state index contributed by atoms with van der Waals surface area (Å²) in [4.78, 5) is 12.9. The predicted octanol–water partition coefficient (Wildman–Crippen LogP) is -2.17. The molecule has 2 rings (SSSR count). The van der Waals surface area contributed by atoms with Gasteiger partial charge in [0.1, 0.15) is 0 Å². The maximum atomic E-state index is 11.7. The molecule has 1 aromatic rings. The summed E-state index contributed by atoms with van der Waals surface area (Å²) in [5.74, 6) is -0.611. The average Bonchev–Trinajstić information content (AvgIpc) is 2.74. The summed E-state index contributed by atoms with van der Waals surface area (Å²) in [6.07, 6.45) is -1.87. The summed E-state index contributed by atoms with van der Waals surface area (Å²) in [5, 5.41) is 25.1. The Balaban J connectivity index is 2.13. The number of nitrogens with two attached hydrogens (primary N) is 1. The SMILES string of the molecule is Nc1nonc1C(=O)N1C[C@@H](O)[C@@H](O)C1. The fourth-order valence-corrected chi connectivity index (χ4v) is 1.43. The van der Waals surface area contributed by atoms with E-state index in [2.05, 4.69) is 14.9 Å². The normalized spacial score (nSPS) is 25.9. The highest BCUT2D eigenvalue weighted by Gasteiger charge is 2.35. The molecule has 0 radical (unpaired) electrons. The van der Waals surface area contributed by atoms with Gasteiger partial charge in [0.05, 0.1) is 12.2 Å². The van der Waals surface area contributed by atoms with Gasteiger partial charge in [0, 0.05) is 13.1 Å². The number of β-amino-alcohol motifs (C(OH)–C–C–N with tert-alkyl or cyclic N) is 2. The lowest BCUT2D eigenvalue weighted by molar-refractivity contribution is 0.0572. The van der Waals surface area contributed by atoms with Crippen molar-refractivity contribution in [3.8, 4) is 0 Å². The third kappa shape index (κ3) is 1.64. The van der Waals surface area contributed by atoms with E-state index in [0.29, 0.717) is 0 Å². The molecule has 2 atom stereocenters. The molecule has 0 saturated carbocycles. The summed E-state index contributed by atoms with van der Waals surface area (Å²) >= 11 is 0. The third-order valence-corrected chi connectivity index (χ3v) is 2.26. The molecule has 15 heavy (non-hydrogen) atoms. The standard InChI is InChI=1S/C7H10N4O4/c8-6-5(9-15-10-6)7(14)11-1-3(12)4(13)2-11/h3-4,12-13H,1-2H2,(H2,8,10)/t3-,4+. The van der Waals surface area contributed by atoms with E-state index in [-0.39, 0.29) is 24.6 Å². The molecule has 1 fully saturated rings. The maximum Gasteiger partial charge on any atom is 0.280 e. The lowest BCUT2D eigenvalue weighted by atomic mass is 10.3. The number of aliphatic hydroxyl groups excluding tert-OH is 2. The van der Waals surface area contributed by atoms with Gasteiger partial charge in [-0.3, -0.25) is 4.79 Å². The number of likely N-dealkylation sites (tertiary alicyclic amines) is 1. The summed E-state index contributed by atoms with van der Waals surface area (Å²) in [6.45, 7) is 0.0958. The zero-order valence-electron chi connectivity index (χ0n) is 7.70. The van der Waals surface area contributed by atoms with Gasteiger partial charge in [0.2, 0.25) is 11.5 Å². The summed E-state index contributed by atoms with van der Waals surface area (Å²) in [7, 11) is 0. The number of hydrogen-bond acceptors (Lipinski definition) is 7. The Labute approximate surface area is 84.2 Å². The molecule has 0 bridgehead atoms. The minimum absolute atomic E-state index is 0.0479. The molecule has 1 aliphatic rings. The van der Waals surface area contributed by atoms with Gasteiger partial charge >= 0.3 is 0 Å². The molecule has 1 aromatic heterocycles. The molecular formula is C7H10N4O4. The Morgan fingerprint density at radius 1 is 1.40 bits per heavy atom. The molecule has 8 nitrogen and oxygen atoms in total. The van der Waals surface area contributed by atoms with Gasteiger partial charge in [0.15, 0.2) is 0 Å². The molecule has 2 heterocycles. The lowest BCUT2D eigenvalue weighted by Crippen LogP contribution is -2.30. The van der Waals surface area contributed by atoms with E-state index in [0.717, 1.165) is 0 Å². The van der Waals surface area contributed by atoms with Crippen LogP contribution in [-0.4, -0.2) is 56.6 Å². The van der Waals surface area contributed by atoms with Gasteiger partial charge in [-0.15, -0.1) is 0 Å². The van der Waals surface area contributed by atoms with Crippen LogP contribution in [0.3, 0.4) is 0 Å². The average molecular weight is 214 g/mol. The smallest absolute Gasteiger partial charge is 0.280 e. The number of anilines is 1. The quantitative estimate of drug-likeness (QED) is 0.485. The molecule has 82 valence electrons. The van der Waals surface area contributed by atoms with E-state index in [4.69, 9.17) is 5.73 Å². The second kappa shape index (κ2) is 3.48. The van der Waals surface area contributed by atoms with E-state index in [1.807, 2.05) is 0 Å². The van der Waals surface area contributed by atoms with E-state index in [1.54, 1.807) is 0 Å². The number of rotatable bonds is 1. The van der Waals surface area contributed by atoms with Gasteiger partial charge in [-0.05, 0) is 10.3 Å². The monoisotopic (exact) mass is 214 g/mol. The van der Waals surface area contributed by atoms with Crippen molar-refractivity contribution in [2.24, 2.45) is 0 Å². The fourth-order valence-electron chi connectivity index (χ4n) is 1.43. The van der Waals surface area contributed by atoms with Crippen LogP contribution < -0.4 is 5.73 Å². The third-order valence-electron chi connectivity index (χ3n) is 2.26. The molecule has 0 aromatic carbocycles. The van der Waals surface area contributed by atoms with Crippen LogP contribution in [0.25, 0.3) is 0 Å². The maximum absolute atomic E-state index is 11.7. The first-order valence-corrected chi connectivity index (χ1v) is 4.33. The van der Waals surface area contributed by atoms with Gasteiger partial charge in [0.25, 0.3) is 5.91 Å². The van der Waals surface area contributed by atoms with Crippen molar-refractivity contribution in [2.75, 3.05) is 18.8 Å². The Kier molecular flexibility index (Phi) is 2.29. The number of hydrogen-bond donors (Lipinski definition) is 3. The topological polar surface area (TPSA) is 126 Å². The van der Waals surface area contributed by atoms with Crippen LogP contribution in [-0.2, 0) is 0 Å². The van der Waals surface area contributed by atoms with Crippen LogP contribution in [0, 0.1) is 0 Å². The highest BCUT2D eigenvalue weighted by molar-refractivity contribution is 5.96. The van der Waals surface area contributed by atoms with E-state index < -0.39 is 18.1 Å². The highest BCUT2D eigenvalue weighted by Crippen LogP contribution is 2.15. The van der Waals surface area contributed by atoms with Crippen molar-refractivity contribution in [3.63, 3.8) is 0 Å². The number of carbonyl (C=O) groups is 1. The Morgan fingerprint density at radius 3 is 2.47 bits per heavy atom. The first kappa shape index (κ1) is 9.87. The van der Waals surface area contributed by atoms with Crippen molar-refractivity contribution < 1.29 is 19.6 Å². The zero-order chi connectivity index (χ0) is 11.0. The number of aliphatic hydroxyl groups is 2. The Bertz CT molecular complexity index is 369. The molecule has 0 unspecified atom stereocenters. The van der Waals surface area contributed by atoms with Crippen LogP contribution in [0.2, 0.25) is 0 Å². The second-order valence-electron chi connectivity index (χ2n) is 3.34. The summed E-state index contributed by atoms with van der Waals surface area (Å²) < 4.78 is 4.28. The summed E-state index contributed by atoms with van der Waals surface area (Å²) in [5.41, 5.74) is 5.24. The largest absolute Gasteiger partial charge is 0.388 e. The molecule has 0 aliphatic carbocycles. The van der Waals surface area contributed by atoms with Gasteiger partial charge in [-0.2, -0.15) is 0 Å². The van der Waals surface area contributed by atoms with Crippen LogP contribution in [0.1, 0.15) is 10.5 Å². The number of carbonyl (C=O) groups excluding carboxylic acids is 1. The minimum Gasteiger partial charge on any atom is -0.388 e. The first-order valence-electron chi connectivity index (χ1n) is 4.33. The van der Waals surface area contributed by atoms with Gasteiger partial charge < -0.3 is 20.8 Å². The van der Waals surface area contributed by atoms with Crippen molar-refractivity contribution in [2.45, 2.75) is 12.2 Å². The van der Waals surface area contributed by atoms with Gasteiger partial charge in [-0.1, -0.05) is 0 Å².